The molecule has 0 unspecified atom stereocenters. The van der Waals surface area contributed by atoms with E-state index < -0.39 is 5.72 Å². The van der Waals surface area contributed by atoms with E-state index in [1.54, 1.807) is 6.07 Å². The van der Waals surface area contributed by atoms with Crippen LogP contribution in [0.15, 0.2) is 24.3 Å². The molecule has 2 fully saturated rings. The van der Waals surface area contributed by atoms with E-state index in [1.165, 1.54) is 6.42 Å². The lowest BCUT2D eigenvalue weighted by Gasteiger charge is -2.44. The lowest BCUT2D eigenvalue weighted by atomic mass is 9.96. The molecule has 3 aliphatic rings. The third kappa shape index (κ3) is 3.30. The summed E-state index contributed by atoms with van der Waals surface area (Å²) in [5.74, 6) is 0.813. The van der Waals surface area contributed by atoms with Gasteiger partial charge in [0.15, 0.2) is 5.72 Å². The van der Waals surface area contributed by atoms with Crippen molar-refractivity contribution in [2.75, 3.05) is 26.2 Å². The molecule has 0 aromatic heterocycles. The van der Waals surface area contributed by atoms with E-state index in [9.17, 15) is 9.59 Å². The van der Waals surface area contributed by atoms with Gasteiger partial charge in [-0.05, 0) is 38.3 Å². The van der Waals surface area contributed by atoms with Gasteiger partial charge in [0.25, 0.3) is 5.91 Å². The Kier molecular flexibility index (Phi) is 4.61. The first-order valence-corrected chi connectivity index (χ1v) is 9.69. The zero-order chi connectivity index (χ0) is 18.1. The number of nitrogens with zero attached hydrogens (tertiary/aromatic N) is 2. The van der Waals surface area contributed by atoms with Crippen molar-refractivity contribution in [2.24, 2.45) is 0 Å². The fourth-order valence-corrected chi connectivity index (χ4v) is 4.30. The first kappa shape index (κ1) is 17.3. The summed E-state index contributed by atoms with van der Waals surface area (Å²) in [6, 6.07) is 7.72. The Bertz CT molecular complexity index is 697. The van der Waals surface area contributed by atoms with Crippen molar-refractivity contribution in [3.8, 4) is 5.75 Å². The largest absolute Gasteiger partial charge is 0.467 e. The molecular formula is C20H27N3O3. The smallest absolute Gasteiger partial charge is 0.258 e. The number of rotatable bonds is 2. The van der Waals surface area contributed by atoms with Crippen LogP contribution < -0.4 is 10.1 Å². The second kappa shape index (κ2) is 6.91. The Labute approximate surface area is 154 Å². The summed E-state index contributed by atoms with van der Waals surface area (Å²) in [7, 11) is 0. The Morgan fingerprint density at radius 3 is 2.77 bits per heavy atom. The summed E-state index contributed by atoms with van der Waals surface area (Å²) in [6.45, 7) is 4.98. The van der Waals surface area contributed by atoms with Gasteiger partial charge in [-0.3, -0.25) is 14.5 Å². The quantitative estimate of drug-likeness (QED) is 0.879. The molecule has 0 bridgehead atoms. The number of hydrogen-bond donors (Lipinski definition) is 1. The number of benzene rings is 1. The molecule has 6 nitrogen and oxygen atoms in total. The molecule has 1 aromatic rings. The SMILES string of the molecule is C[C@@H]1CCCCN1C(=O)CN1CCC2(CC1)NC(=O)c1ccccc1O2. The minimum absolute atomic E-state index is 0.0708. The summed E-state index contributed by atoms with van der Waals surface area (Å²) < 4.78 is 6.16. The van der Waals surface area contributed by atoms with Gasteiger partial charge in [0.05, 0.1) is 12.1 Å². The fourth-order valence-electron chi connectivity index (χ4n) is 4.30. The highest BCUT2D eigenvalue weighted by molar-refractivity contribution is 5.98. The van der Waals surface area contributed by atoms with Crippen molar-refractivity contribution in [3.05, 3.63) is 29.8 Å². The number of amides is 2. The molecule has 0 saturated carbocycles. The van der Waals surface area contributed by atoms with Crippen LogP contribution in [0.25, 0.3) is 0 Å². The van der Waals surface area contributed by atoms with Crippen molar-refractivity contribution in [1.82, 2.24) is 15.1 Å². The van der Waals surface area contributed by atoms with Crippen LogP contribution in [-0.2, 0) is 4.79 Å². The maximum atomic E-state index is 12.6. The van der Waals surface area contributed by atoms with Crippen LogP contribution in [-0.4, -0.2) is 59.6 Å². The van der Waals surface area contributed by atoms with E-state index in [-0.39, 0.29) is 11.8 Å². The maximum Gasteiger partial charge on any atom is 0.258 e. The average Bonchev–Trinajstić information content (AvgIpc) is 2.64. The molecule has 140 valence electrons. The van der Waals surface area contributed by atoms with Crippen molar-refractivity contribution in [1.29, 1.82) is 0 Å². The molecule has 0 aliphatic carbocycles. The molecule has 1 atom stereocenters. The summed E-state index contributed by atoms with van der Waals surface area (Å²) >= 11 is 0. The molecule has 4 rings (SSSR count). The summed E-state index contributed by atoms with van der Waals surface area (Å²) in [5, 5.41) is 3.05. The Morgan fingerprint density at radius 2 is 2.00 bits per heavy atom. The van der Waals surface area contributed by atoms with E-state index in [0.717, 1.165) is 32.5 Å². The average molecular weight is 357 g/mol. The van der Waals surface area contributed by atoms with Crippen LogP contribution in [0.5, 0.6) is 5.75 Å². The van der Waals surface area contributed by atoms with Crippen molar-refractivity contribution < 1.29 is 14.3 Å². The molecule has 6 heteroatoms. The van der Waals surface area contributed by atoms with Gasteiger partial charge in [-0.25, -0.2) is 0 Å². The van der Waals surface area contributed by atoms with Crippen LogP contribution in [0.2, 0.25) is 0 Å². The molecule has 2 amide bonds. The summed E-state index contributed by atoms with van der Waals surface area (Å²) in [5.41, 5.74) is -0.0431. The lowest BCUT2D eigenvalue weighted by Crippen LogP contribution is -2.61. The topological polar surface area (TPSA) is 61.9 Å². The first-order chi connectivity index (χ1) is 12.6. The van der Waals surface area contributed by atoms with Crippen LogP contribution in [0, 0.1) is 0 Å². The van der Waals surface area contributed by atoms with E-state index in [2.05, 4.69) is 17.1 Å². The van der Waals surface area contributed by atoms with Gasteiger partial charge in [-0.2, -0.15) is 0 Å². The number of piperidine rings is 2. The van der Waals surface area contributed by atoms with Gasteiger partial charge in [0, 0.05) is 38.5 Å². The molecule has 3 heterocycles. The molecule has 1 spiro atoms. The minimum atomic E-state index is -0.636. The van der Waals surface area contributed by atoms with Gasteiger partial charge in [-0.15, -0.1) is 0 Å². The second-order valence-corrected chi connectivity index (χ2v) is 7.75. The molecule has 0 radical (unpaired) electrons. The maximum absolute atomic E-state index is 12.6. The van der Waals surface area contributed by atoms with Crippen LogP contribution in [0.1, 0.15) is 49.4 Å². The lowest BCUT2D eigenvalue weighted by molar-refractivity contribution is -0.136. The molecule has 2 saturated heterocycles. The number of carbonyl (C=O) groups is 2. The number of carbonyl (C=O) groups excluding carboxylic acids is 2. The Hall–Kier alpha value is -2.08. The van der Waals surface area contributed by atoms with Gasteiger partial charge in [0.2, 0.25) is 5.91 Å². The van der Waals surface area contributed by atoms with Crippen molar-refractivity contribution in [2.45, 2.75) is 50.8 Å². The van der Waals surface area contributed by atoms with Crippen molar-refractivity contribution in [3.63, 3.8) is 0 Å². The molecule has 3 aliphatic heterocycles. The van der Waals surface area contributed by atoms with Gasteiger partial charge < -0.3 is 15.0 Å². The molecule has 26 heavy (non-hydrogen) atoms. The zero-order valence-electron chi connectivity index (χ0n) is 15.4. The van der Waals surface area contributed by atoms with Crippen LogP contribution in [0.4, 0.5) is 0 Å². The standard InChI is InChI=1S/C20H27N3O3/c1-15-6-4-5-11-23(15)18(24)14-22-12-9-20(10-13-22)21-19(25)16-7-2-3-8-17(16)26-20/h2-3,7-8,15H,4-6,9-14H2,1H3,(H,21,25)/t15-/m1/s1. The predicted molar refractivity (Wildman–Crippen MR) is 98.0 cm³/mol. The van der Waals surface area contributed by atoms with E-state index in [4.69, 9.17) is 4.74 Å². The number of para-hydroxylation sites is 1. The third-order valence-corrected chi connectivity index (χ3v) is 5.92. The van der Waals surface area contributed by atoms with Gasteiger partial charge in [-0.1, -0.05) is 12.1 Å². The van der Waals surface area contributed by atoms with E-state index in [0.29, 0.717) is 36.7 Å². The fraction of sp³-hybridized carbons (Fsp3) is 0.600. The monoisotopic (exact) mass is 357 g/mol. The Balaban J connectivity index is 1.36. The van der Waals surface area contributed by atoms with E-state index in [1.807, 2.05) is 23.1 Å². The van der Waals surface area contributed by atoms with Crippen molar-refractivity contribution >= 4 is 11.8 Å². The number of fused-ring (bicyclic) bond motifs is 1. The highest BCUT2D eigenvalue weighted by Crippen LogP contribution is 2.33. The molecule has 1 N–H and O–H groups in total. The second-order valence-electron chi connectivity index (χ2n) is 7.75. The van der Waals surface area contributed by atoms with Crippen LogP contribution >= 0.6 is 0 Å². The molecular weight excluding hydrogens is 330 g/mol. The molecule has 1 aromatic carbocycles. The number of hydrogen-bond acceptors (Lipinski definition) is 4. The predicted octanol–water partition coefficient (Wildman–Crippen LogP) is 2.00. The number of nitrogens with one attached hydrogen (secondary N) is 1. The zero-order valence-corrected chi connectivity index (χ0v) is 15.4. The minimum Gasteiger partial charge on any atom is -0.467 e. The summed E-state index contributed by atoms with van der Waals surface area (Å²) in [6.07, 6.45) is 4.81. The highest BCUT2D eigenvalue weighted by atomic mass is 16.5. The third-order valence-electron chi connectivity index (χ3n) is 5.92. The highest BCUT2D eigenvalue weighted by Gasteiger charge is 2.42. The Morgan fingerprint density at radius 1 is 1.23 bits per heavy atom. The van der Waals surface area contributed by atoms with Gasteiger partial charge in [0.1, 0.15) is 5.75 Å². The number of ether oxygens (including phenoxy) is 1. The van der Waals surface area contributed by atoms with E-state index >= 15 is 0 Å². The summed E-state index contributed by atoms with van der Waals surface area (Å²) in [4.78, 5) is 29.3. The number of likely N-dealkylation sites (tertiary alicyclic amines) is 2. The first-order valence-electron chi connectivity index (χ1n) is 9.69. The van der Waals surface area contributed by atoms with Gasteiger partial charge >= 0.3 is 0 Å². The van der Waals surface area contributed by atoms with Crippen LogP contribution in [0.3, 0.4) is 0 Å². The normalized spacial score (nSPS) is 25.3.